The summed E-state index contributed by atoms with van der Waals surface area (Å²) in [6.07, 6.45) is -0.369. The number of ether oxygens (including phenoxy) is 1. The van der Waals surface area contributed by atoms with Gasteiger partial charge in [0.05, 0.1) is 5.69 Å². The van der Waals surface area contributed by atoms with E-state index in [0.717, 1.165) is 10.6 Å². The summed E-state index contributed by atoms with van der Waals surface area (Å²) in [4.78, 5) is 19.0. The highest BCUT2D eigenvalue weighted by Gasteiger charge is 2.24. The van der Waals surface area contributed by atoms with Gasteiger partial charge in [0.2, 0.25) is 5.82 Å². The molecule has 0 saturated carbocycles. The van der Waals surface area contributed by atoms with E-state index >= 15 is 0 Å². The van der Waals surface area contributed by atoms with Crippen LogP contribution in [-0.2, 0) is 0 Å². The Kier molecular flexibility index (Phi) is 3.02. The predicted molar refractivity (Wildman–Crippen MR) is 70.1 cm³/mol. The first-order valence-electron chi connectivity index (χ1n) is 5.80. The van der Waals surface area contributed by atoms with Crippen LogP contribution in [0.3, 0.4) is 0 Å². The zero-order valence-corrected chi connectivity index (χ0v) is 11.0. The van der Waals surface area contributed by atoms with Gasteiger partial charge in [-0.25, -0.2) is 4.98 Å². The minimum Gasteiger partial charge on any atom is -0.480 e. The number of aromatic nitrogens is 2. The molecule has 1 unspecified atom stereocenters. The summed E-state index contributed by atoms with van der Waals surface area (Å²) in [5.41, 5.74) is -0.666. The average molecular weight is 278 g/mol. The molecular formula is C13H11FN2O2S. The lowest BCUT2D eigenvalue weighted by molar-refractivity contribution is 0.209. The summed E-state index contributed by atoms with van der Waals surface area (Å²) >= 11 is 1.63. The van der Waals surface area contributed by atoms with Crippen molar-refractivity contribution in [2.45, 2.75) is 17.9 Å². The van der Waals surface area contributed by atoms with E-state index in [2.05, 4.69) is 9.97 Å². The third-order valence-electron chi connectivity index (χ3n) is 2.86. The SMILES string of the molecule is Cc1nc(C2CSc3ccccc3O2)[nH]c(=O)c1F. The first-order chi connectivity index (χ1) is 9.15. The first-order valence-corrected chi connectivity index (χ1v) is 6.78. The molecule has 0 fully saturated rings. The molecule has 0 bridgehead atoms. The van der Waals surface area contributed by atoms with Gasteiger partial charge >= 0.3 is 0 Å². The van der Waals surface area contributed by atoms with Crippen molar-refractivity contribution in [1.82, 2.24) is 9.97 Å². The van der Waals surface area contributed by atoms with Gasteiger partial charge in [0, 0.05) is 10.6 Å². The summed E-state index contributed by atoms with van der Waals surface area (Å²) < 4.78 is 19.1. The van der Waals surface area contributed by atoms with Crippen molar-refractivity contribution in [1.29, 1.82) is 0 Å². The molecule has 1 aromatic heterocycles. The Morgan fingerprint density at radius 2 is 2.26 bits per heavy atom. The van der Waals surface area contributed by atoms with Crippen LogP contribution in [0.15, 0.2) is 34.0 Å². The molecule has 0 spiro atoms. The van der Waals surface area contributed by atoms with Gasteiger partial charge in [0.1, 0.15) is 5.75 Å². The minimum absolute atomic E-state index is 0.0891. The number of hydrogen-bond donors (Lipinski definition) is 1. The molecule has 0 saturated heterocycles. The van der Waals surface area contributed by atoms with Gasteiger partial charge < -0.3 is 9.72 Å². The molecule has 0 radical (unpaired) electrons. The second-order valence-electron chi connectivity index (χ2n) is 4.21. The van der Waals surface area contributed by atoms with Crippen molar-refractivity contribution in [3.05, 3.63) is 52.0 Å². The summed E-state index contributed by atoms with van der Waals surface area (Å²) in [5, 5.41) is 0. The number of nitrogens with one attached hydrogen (secondary N) is 1. The molecule has 98 valence electrons. The van der Waals surface area contributed by atoms with E-state index in [0.29, 0.717) is 11.6 Å². The van der Waals surface area contributed by atoms with E-state index in [1.807, 2.05) is 24.3 Å². The topological polar surface area (TPSA) is 55.0 Å². The minimum atomic E-state index is -0.840. The number of para-hydroxylation sites is 1. The fourth-order valence-corrected chi connectivity index (χ4v) is 2.89. The number of fused-ring (bicyclic) bond motifs is 1. The molecule has 2 aromatic rings. The first kappa shape index (κ1) is 12.2. The number of halogens is 1. The Balaban J connectivity index is 1.95. The second-order valence-corrected chi connectivity index (χ2v) is 5.28. The Bertz CT molecular complexity index is 687. The van der Waals surface area contributed by atoms with Crippen molar-refractivity contribution in [3.63, 3.8) is 0 Å². The number of nitrogens with zero attached hydrogens (tertiary/aromatic N) is 1. The molecular weight excluding hydrogens is 267 g/mol. The number of thioether (sulfide) groups is 1. The van der Waals surface area contributed by atoms with Crippen molar-refractivity contribution >= 4 is 11.8 Å². The number of rotatable bonds is 1. The lowest BCUT2D eigenvalue weighted by Crippen LogP contribution is -2.24. The number of benzene rings is 1. The molecule has 6 heteroatoms. The van der Waals surface area contributed by atoms with Crippen LogP contribution in [0.4, 0.5) is 4.39 Å². The Morgan fingerprint density at radius 3 is 3.05 bits per heavy atom. The standard InChI is InChI=1S/C13H11FN2O2S/c1-7-11(14)13(17)16-12(15-7)9-6-19-10-5-3-2-4-8(10)18-9/h2-5,9H,6H2,1H3,(H,15,16,17). The number of aromatic amines is 1. The zero-order chi connectivity index (χ0) is 13.4. The quantitative estimate of drug-likeness (QED) is 0.870. The van der Waals surface area contributed by atoms with Crippen LogP contribution in [0.2, 0.25) is 0 Å². The van der Waals surface area contributed by atoms with Gasteiger partial charge in [-0.1, -0.05) is 12.1 Å². The van der Waals surface area contributed by atoms with Gasteiger partial charge in [-0.05, 0) is 19.1 Å². The van der Waals surface area contributed by atoms with Crippen LogP contribution in [0.1, 0.15) is 17.6 Å². The highest BCUT2D eigenvalue weighted by molar-refractivity contribution is 7.99. The fraction of sp³-hybridized carbons (Fsp3) is 0.231. The molecule has 19 heavy (non-hydrogen) atoms. The maximum atomic E-state index is 13.3. The molecule has 1 aliphatic rings. The van der Waals surface area contributed by atoms with E-state index in [1.54, 1.807) is 11.8 Å². The maximum Gasteiger partial charge on any atom is 0.287 e. The summed E-state index contributed by atoms with van der Waals surface area (Å²) in [7, 11) is 0. The van der Waals surface area contributed by atoms with Gasteiger partial charge in [-0.3, -0.25) is 4.79 Å². The van der Waals surface area contributed by atoms with E-state index in [4.69, 9.17) is 4.74 Å². The average Bonchev–Trinajstić information content (AvgIpc) is 2.43. The van der Waals surface area contributed by atoms with Crippen LogP contribution in [-0.4, -0.2) is 15.7 Å². The second kappa shape index (κ2) is 4.70. The molecule has 2 heterocycles. The normalized spacial score (nSPS) is 17.7. The van der Waals surface area contributed by atoms with E-state index in [1.165, 1.54) is 6.92 Å². The van der Waals surface area contributed by atoms with Crippen LogP contribution >= 0.6 is 11.8 Å². The highest BCUT2D eigenvalue weighted by atomic mass is 32.2. The molecule has 0 aliphatic carbocycles. The van der Waals surface area contributed by atoms with Crippen molar-refractivity contribution < 1.29 is 9.13 Å². The van der Waals surface area contributed by atoms with E-state index in [-0.39, 0.29) is 11.8 Å². The Hall–Kier alpha value is -1.82. The van der Waals surface area contributed by atoms with Crippen LogP contribution < -0.4 is 10.3 Å². The van der Waals surface area contributed by atoms with Gasteiger partial charge in [0.25, 0.3) is 5.56 Å². The molecule has 1 N–H and O–H groups in total. The van der Waals surface area contributed by atoms with Crippen molar-refractivity contribution in [2.75, 3.05) is 5.75 Å². The lowest BCUT2D eigenvalue weighted by Gasteiger charge is -2.24. The number of hydrogen-bond acceptors (Lipinski definition) is 4. The van der Waals surface area contributed by atoms with Gasteiger partial charge in [-0.15, -0.1) is 11.8 Å². The Morgan fingerprint density at radius 1 is 1.47 bits per heavy atom. The van der Waals surface area contributed by atoms with E-state index < -0.39 is 11.4 Å². The van der Waals surface area contributed by atoms with Crippen LogP contribution in [0.25, 0.3) is 0 Å². The fourth-order valence-electron chi connectivity index (χ4n) is 1.90. The summed E-state index contributed by atoms with van der Waals surface area (Å²) in [6, 6.07) is 7.66. The predicted octanol–water partition coefficient (Wildman–Crippen LogP) is 2.44. The third kappa shape index (κ3) is 2.23. The van der Waals surface area contributed by atoms with Crippen LogP contribution in [0.5, 0.6) is 5.75 Å². The summed E-state index contributed by atoms with van der Waals surface area (Å²) in [5.74, 6) is 0.914. The summed E-state index contributed by atoms with van der Waals surface area (Å²) in [6.45, 7) is 1.47. The largest absolute Gasteiger partial charge is 0.480 e. The maximum absolute atomic E-state index is 13.3. The Labute approximate surface area is 113 Å². The smallest absolute Gasteiger partial charge is 0.287 e. The number of H-pyrrole nitrogens is 1. The zero-order valence-electron chi connectivity index (χ0n) is 10.1. The molecule has 0 amide bonds. The molecule has 4 nitrogen and oxygen atoms in total. The van der Waals surface area contributed by atoms with Gasteiger partial charge in [-0.2, -0.15) is 4.39 Å². The lowest BCUT2D eigenvalue weighted by atomic mass is 10.3. The number of aryl methyl sites for hydroxylation is 1. The molecule has 1 aromatic carbocycles. The van der Waals surface area contributed by atoms with Crippen LogP contribution in [0, 0.1) is 12.7 Å². The third-order valence-corrected chi connectivity index (χ3v) is 3.98. The highest BCUT2D eigenvalue weighted by Crippen LogP contribution is 2.39. The molecule has 1 aliphatic heterocycles. The monoisotopic (exact) mass is 278 g/mol. The van der Waals surface area contributed by atoms with Crippen molar-refractivity contribution in [2.24, 2.45) is 0 Å². The molecule has 3 rings (SSSR count). The molecule has 1 atom stereocenters. The van der Waals surface area contributed by atoms with Crippen molar-refractivity contribution in [3.8, 4) is 5.75 Å². The van der Waals surface area contributed by atoms with E-state index in [9.17, 15) is 9.18 Å². The van der Waals surface area contributed by atoms with Gasteiger partial charge in [0.15, 0.2) is 11.9 Å².